The summed E-state index contributed by atoms with van der Waals surface area (Å²) in [5, 5.41) is 10.8. The Morgan fingerprint density at radius 1 is 1.52 bits per heavy atom. The van der Waals surface area contributed by atoms with Crippen molar-refractivity contribution in [1.82, 2.24) is 14.8 Å². The Bertz CT molecular complexity index is 626. The number of allylic oxidation sites excluding steroid dienone is 1. The average Bonchev–Trinajstić information content (AvgIpc) is 2.89. The van der Waals surface area contributed by atoms with E-state index in [9.17, 15) is 9.18 Å². The first-order valence-electron chi connectivity index (χ1n) is 6.32. The summed E-state index contributed by atoms with van der Waals surface area (Å²) < 4.78 is 14.6. The van der Waals surface area contributed by atoms with E-state index in [0.29, 0.717) is 17.4 Å². The van der Waals surface area contributed by atoms with Crippen LogP contribution in [0.15, 0.2) is 48.4 Å². The van der Waals surface area contributed by atoms with Crippen molar-refractivity contribution in [2.24, 2.45) is 0 Å². The molecule has 0 bridgehead atoms. The zero-order valence-corrected chi connectivity index (χ0v) is 12.3. The van der Waals surface area contributed by atoms with E-state index in [-0.39, 0.29) is 17.0 Å². The zero-order valence-electron chi connectivity index (χ0n) is 11.5. The number of nitrogens with one attached hydrogen (secondary N) is 1. The van der Waals surface area contributed by atoms with E-state index in [4.69, 9.17) is 0 Å². The number of halogens is 1. The maximum Gasteiger partial charge on any atom is 0.237 e. The monoisotopic (exact) mass is 306 g/mol. The van der Waals surface area contributed by atoms with E-state index in [1.165, 1.54) is 36.0 Å². The van der Waals surface area contributed by atoms with Crippen molar-refractivity contribution in [1.29, 1.82) is 0 Å². The van der Waals surface area contributed by atoms with E-state index in [1.807, 2.05) is 0 Å². The van der Waals surface area contributed by atoms with E-state index in [0.717, 1.165) is 0 Å². The van der Waals surface area contributed by atoms with Gasteiger partial charge in [0.15, 0.2) is 5.16 Å². The third-order valence-electron chi connectivity index (χ3n) is 2.67. The molecule has 0 aliphatic carbocycles. The van der Waals surface area contributed by atoms with Gasteiger partial charge >= 0.3 is 0 Å². The number of thioether (sulfide) groups is 1. The lowest BCUT2D eigenvalue weighted by Crippen LogP contribution is -2.22. The molecule has 0 fully saturated rings. The van der Waals surface area contributed by atoms with Crippen LogP contribution in [0.25, 0.3) is 0 Å². The molecule has 2 rings (SSSR count). The van der Waals surface area contributed by atoms with Gasteiger partial charge in [0.1, 0.15) is 12.1 Å². The molecule has 0 saturated carbocycles. The second kappa shape index (κ2) is 7.03. The van der Waals surface area contributed by atoms with E-state index >= 15 is 0 Å². The highest BCUT2D eigenvalue weighted by atomic mass is 32.2. The van der Waals surface area contributed by atoms with Gasteiger partial charge in [-0.2, -0.15) is 0 Å². The number of carbonyl (C=O) groups excluding carboxylic acids is 1. The van der Waals surface area contributed by atoms with Gasteiger partial charge < -0.3 is 9.88 Å². The Labute approximate surface area is 126 Å². The lowest BCUT2D eigenvalue weighted by atomic mass is 10.3. The molecular formula is C14H15FN4OS. The first kappa shape index (κ1) is 15.2. The number of benzene rings is 1. The molecular weight excluding hydrogens is 291 g/mol. The Balaban J connectivity index is 1.97. The second-order valence-electron chi connectivity index (χ2n) is 4.31. The van der Waals surface area contributed by atoms with E-state index in [1.54, 1.807) is 23.9 Å². The van der Waals surface area contributed by atoms with Gasteiger partial charge in [0.25, 0.3) is 0 Å². The summed E-state index contributed by atoms with van der Waals surface area (Å²) in [5.74, 6) is -0.521. The van der Waals surface area contributed by atoms with Crippen LogP contribution in [0.2, 0.25) is 0 Å². The standard InChI is InChI=1S/C14H15FN4OS/c1-3-8-19-9-16-18-14(19)21-10(2)13(20)17-12-6-4-11(15)5-7-12/h3-7,9-10H,1,8H2,2H3,(H,17,20)/t10-/m1/s1. The fourth-order valence-electron chi connectivity index (χ4n) is 1.59. The van der Waals surface area contributed by atoms with Crippen LogP contribution in [-0.2, 0) is 11.3 Å². The molecule has 0 radical (unpaired) electrons. The first-order valence-corrected chi connectivity index (χ1v) is 7.20. The molecule has 7 heteroatoms. The van der Waals surface area contributed by atoms with E-state index < -0.39 is 0 Å². The van der Waals surface area contributed by atoms with Crippen molar-refractivity contribution in [2.45, 2.75) is 23.9 Å². The van der Waals surface area contributed by atoms with Gasteiger partial charge in [-0.05, 0) is 31.2 Å². The van der Waals surface area contributed by atoms with Gasteiger partial charge in [-0.3, -0.25) is 4.79 Å². The number of hydrogen-bond donors (Lipinski definition) is 1. The Kier molecular flexibility index (Phi) is 5.10. The molecule has 0 spiro atoms. The van der Waals surface area contributed by atoms with Crippen LogP contribution in [0.4, 0.5) is 10.1 Å². The van der Waals surface area contributed by atoms with Crippen LogP contribution < -0.4 is 5.32 Å². The number of carbonyl (C=O) groups is 1. The van der Waals surface area contributed by atoms with Crippen molar-refractivity contribution in [3.63, 3.8) is 0 Å². The quantitative estimate of drug-likeness (QED) is 0.658. The first-order chi connectivity index (χ1) is 10.1. The minimum absolute atomic E-state index is 0.181. The molecule has 110 valence electrons. The molecule has 0 saturated heterocycles. The average molecular weight is 306 g/mol. The molecule has 0 unspecified atom stereocenters. The Morgan fingerprint density at radius 2 is 2.24 bits per heavy atom. The summed E-state index contributed by atoms with van der Waals surface area (Å²) in [7, 11) is 0. The molecule has 1 aromatic heterocycles. The highest BCUT2D eigenvalue weighted by molar-refractivity contribution is 8.00. The van der Waals surface area contributed by atoms with Crippen molar-refractivity contribution in [2.75, 3.05) is 5.32 Å². The maximum absolute atomic E-state index is 12.8. The minimum Gasteiger partial charge on any atom is -0.325 e. The fourth-order valence-corrected chi connectivity index (χ4v) is 2.42. The molecule has 1 aromatic carbocycles. The van der Waals surface area contributed by atoms with Crippen molar-refractivity contribution >= 4 is 23.4 Å². The summed E-state index contributed by atoms with van der Waals surface area (Å²) in [5.41, 5.74) is 0.557. The molecule has 1 N–H and O–H groups in total. The topological polar surface area (TPSA) is 59.8 Å². The highest BCUT2D eigenvalue weighted by Gasteiger charge is 2.17. The summed E-state index contributed by atoms with van der Waals surface area (Å²) in [4.78, 5) is 12.1. The van der Waals surface area contributed by atoms with Crippen LogP contribution >= 0.6 is 11.8 Å². The minimum atomic E-state index is -0.359. The summed E-state index contributed by atoms with van der Waals surface area (Å²) in [6.45, 7) is 6.02. The number of aromatic nitrogens is 3. The molecule has 1 amide bonds. The lowest BCUT2D eigenvalue weighted by Gasteiger charge is -2.11. The van der Waals surface area contributed by atoms with Crippen molar-refractivity contribution in [3.8, 4) is 0 Å². The van der Waals surface area contributed by atoms with Gasteiger partial charge in [-0.1, -0.05) is 17.8 Å². The molecule has 1 heterocycles. The number of amides is 1. The van der Waals surface area contributed by atoms with Crippen LogP contribution in [0.3, 0.4) is 0 Å². The highest BCUT2D eigenvalue weighted by Crippen LogP contribution is 2.22. The lowest BCUT2D eigenvalue weighted by molar-refractivity contribution is -0.115. The molecule has 0 aliphatic rings. The summed E-state index contributed by atoms with van der Waals surface area (Å²) in [6, 6.07) is 5.64. The molecule has 21 heavy (non-hydrogen) atoms. The van der Waals surface area contributed by atoms with Gasteiger partial charge in [-0.25, -0.2) is 4.39 Å². The van der Waals surface area contributed by atoms with Gasteiger partial charge in [0, 0.05) is 12.2 Å². The van der Waals surface area contributed by atoms with Crippen molar-refractivity contribution < 1.29 is 9.18 Å². The molecule has 1 atom stereocenters. The van der Waals surface area contributed by atoms with E-state index in [2.05, 4.69) is 22.1 Å². The predicted octanol–water partition coefficient (Wildman–Crippen LogP) is 2.72. The number of nitrogens with zero attached hydrogens (tertiary/aromatic N) is 3. The van der Waals surface area contributed by atoms with Crippen LogP contribution in [0.5, 0.6) is 0 Å². The van der Waals surface area contributed by atoms with Crippen molar-refractivity contribution in [3.05, 3.63) is 49.1 Å². The zero-order chi connectivity index (χ0) is 15.2. The maximum atomic E-state index is 12.8. The SMILES string of the molecule is C=CCn1cnnc1S[C@H](C)C(=O)Nc1ccc(F)cc1. The summed E-state index contributed by atoms with van der Waals surface area (Å²) >= 11 is 1.30. The normalized spacial score (nSPS) is 11.9. The predicted molar refractivity (Wildman–Crippen MR) is 80.6 cm³/mol. The number of rotatable bonds is 6. The largest absolute Gasteiger partial charge is 0.325 e. The van der Waals surface area contributed by atoms with Gasteiger partial charge in [0.05, 0.1) is 5.25 Å². The third-order valence-corrected chi connectivity index (χ3v) is 3.76. The Hall–Kier alpha value is -2.15. The Morgan fingerprint density at radius 3 is 2.90 bits per heavy atom. The van der Waals surface area contributed by atoms with Crippen LogP contribution in [0, 0.1) is 5.82 Å². The number of anilines is 1. The fraction of sp³-hybridized carbons (Fsp3) is 0.214. The molecule has 0 aliphatic heterocycles. The smallest absolute Gasteiger partial charge is 0.237 e. The van der Waals surface area contributed by atoms with Gasteiger partial charge in [-0.15, -0.1) is 16.8 Å². The molecule has 2 aromatic rings. The van der Waals surface area contributed by atoms with Crippen LogP contribution in [0.1, 0.15) is 6.92 Å². The second-order valence-corrected chi connectivity index (χ2v) is 5.62. The summed E-state index contributed by atoms with van der Waals surface area (Å²) in [6.07, 6.45) is 3.32. The third kappa shape index (κ3) is 4.16. The number of hydrogen-bond acceptors (Lipinski definition) is 4. The molecule has 5 nitrogen and oxygen atoms in total. The van der Waals surface area contributed by atoms with Gasteiger partial charge in [0.2, 0.25) is 5.91 Å². The van der Waals surface area contributed by atoms with Crippen LogP contribution in [-0.4, -0.2) is 25.9 Å².